The van der Waals surface area contributed by atoms with Crippen molar-refractivity contribution in [2.45, 2.75) is 38.5 Å². The average molecular weight is 277 g/mol. The lowest BCUT2D eigenvalue weighted by atomic mass is 9.80. The van der Waals surface area contributed by atoms with Crippen LogP contribution in [0.25, 0.3) is 11.1 Å². The molecule has 0 saturated carbocycles. The number of nitrogens with one attached hydrogen (secondary N) is 1. The van der Waals surface area contributed by atoms with E-state index < -0.39 is 0 Å². The molecule has 0 saturated heterocycles. The molecular formula is C20H23N. The maximum atomic E-state index is 3.56. The molecule has 0 amide bonds. The van der Waals surface area contributed by atoms with Crippen molar-refractivity contribution in [3.63, 3.8) is 0 Å². The minimum atomic E-state index is 1.12. The molecule has 0 radical (unpaired) electrons. The Bertz CT molecular complexity index is 643. The Balaban J connectivity index is 1.97. The van der Waals surface area contributed by atoms with Crippen molar-refractivity contribution in [1.82, 2.24) is 5.32 Å². The number of hydrogen-bond donors (Lipinski definition) is 1. The van der Waals surface area contributed by atoms with Crippen molar-refractivity contribution < 1.29 is 0 Å². The molecule has 1 aliphatic heterocycles. The predicted molar refractivity (Wildman–Crippen MR) is 88.8 cm³/mol. The monoisotopic (exact) mass is 277 g/mol. The van der Waals surface area contributed by atoms with Gasteiger partial charge in [-0.05, 0) is 85.0 Å². The van der Waals surface area contributed by atoms with E-state index in [1.165, 1.54) is 44.1 Å². The summed E-state index contributed by atoms with van der Waals surface area (Å²) in [6.45, 7) is 2.24. The summed E-state index contributed by atoms with van der Waals surface area (Å²) < 4.78 is 0. The van der Waals surface area contributed by atoms with Crippen LogP contribution >= 0.6 is 0 Å². The Morgan fingerprint density at radius 2 is 1.43 bits per heavy atom. The molecule has 0 unspecified atom stereocenters. The van der Waals surface area contributed by atoms with Gasteiger partial charge in [-0.1, -0.05) is 36.4 Å². The number of aryl methyl sites for hydroxylation is 1. The summed E-state index contributed by atoms with van der Waals surface area (Å²) in [7, 11) is 0. The van der Waals surface area contributed by atoms with Crippen LogP contribution in [0.15, 0.2) is 36.4 Å². The van der Waals surface area contributed by atoms with E-state index in [9.17, 15) is 0 Å². The van der Waals surface area contributed by atoms with Crippen molar-refractivity contribution in [2.24, 2.45) is 0 Å². The second-order valence-electron chi connectivity index (χ2n) is 6.35. The first-order valence-corrected chi connectivity index (χ1v) is 8.36. The van der Waals surface area contributed by atoms with E-state index >= 15 is 0 Å². The zero-order valence-electron chi connectivity index (χ0n) is 12.6. The minimum absolute atomic E-state index is 1.12. The van der Waals surface area contributed by atoms with Gasteiger partial charge in [-0.3, -0.25) is 0 Å². The highest BCUT2D eigenvalue weighted by molar-refractivity contribution is 5.74. The predicted octanol–water partition coefficient (Wildman–Crippen LogP) is 3.92. The van der Waals surface area contributed by atoms with Crippen molar-refractivity contribution in [1.29, 1.82) is 0 Å². The van der Waals surface area contributed by atoms with E-state index in [0.29, 0.717) is 0 Å². The van der Waals surface area contributed by atoms with Gasteiger partial charge in [0.1, 0.15) is 0 Å². The Kier molecular flexibility index (Phi) is 3.52. The highest BCUT2D eigenvalue weighted by Gasteiger charge is 2.21. The zero-order chi connectivity index (χ0) is 14.1. The van der Waals surface area contributed by atoms with Crippen molar-refractivity contribution in [3.05, 3.63) is 58.7 Å². The second kappa shape index (κ2) is 5.65. The lowest BCUT2D eigenvalue weighted by Crippen LogP contribution is -2.16. The van der Waals surface area contributed by atoms with Gasteiger partial charge in [0.25, 0.3) is 0 Å². The van der Waals surface area contributed by atoms with Gasteiger partial charge in [0.15, 0.2) is 0 Å². The van der Waals surface area contributed by atoms with Gasteiger partial charge in [-0.15, -0.1) is 0 Å². The molecule has 21 heavy (non-hydrogen) atoms. The van der Waals surface area contributed by atoms with Crippen LogP contribution in [0.3, 0.4) is 0 Å². The first-order chi connectivity index (χ1) is 10.4. The van der Waals surface area contributed by atoms with E-state index in [1.54, 1.807) is 27.8 Å². The Morgan fingerprint density at radius 1 is 0.714 bits per heavy atom. The molecule has 1 N–H and O–H groups in total. The van der Waals surface area contributed by atoms with Gasteiger partial charge in [0.2, 0.25) is 0 Å². The van der Waals surface area contributed by atoms with Crippen LogP contribution in [-0.2, 0) is 25.7 Å². The standard InChI is InChI=1S/C20H23N/c1-2-6-15(7-3-1)20-18-9-5-4-8-16(18)14-17-10-12-21-13-11-19(17)20/h1-3,6-7,14,21H,4-5,8-13H2. The first kappa shape index (κ1) is 13.1. The lowest BCUT2D eigenvalue weighted by Gasteiger charge is -2.25. The first-order valence-electron chi connectivity index (χ1n) is 8.36. The molecule has 1 nitrogen and oxygen atoms in total. The Morgan fingerprint density at radius 3 is 2.33 bits per heavy atom. The molecular weight excluding hydrogens is 254 g/mol. The number of rotatable bonds is 1. The molecule has 0 aromatic heterocycles. The van der Waals surface area contributed by atoms with Gasteiger partial charge in [0, 0.05) is 0 Å². The van der Waals surface area contributed by atoms with Gasteiger partial charge in [0.05, 0.1) is 0 Å². The minimum Gasteiger partial charge on any atom is -0.316 e. The van der Waals surface area contributed by atoms with Crippen LogP contribution in [0.2, 0.25) is 0 Å². The van der Waals surface area contributed by atoms with E-state index in [-0.39, 0.29) is 0 Å². The highest BCUT2D eigenvalue weighted by atomic mass is 14.8. The quantitative estimate of drug-likeness (QED) is 0.833. The summed E-state index contributed by atoms with van der Waals surface area (Å²) in [5, 5.41) is 3.56. The van der Waals surface area contributed by atoms with Crippen molar-refractivity contribution in [2.75, 3.05) is 13.1 Å². The largest absolute Gasteiger partial charge is 0.316 e. The van der Waals surface area contributed by atoms with Crippen molar-refractivity contribution >= 4 is 0 Å². The van der Waals surface area contributed by atoms with E-state index in [1.807, 2.05) is 0 Å². The molecule has 0 atom stereocenters. The lowest BCUT2D eigenvalue weighted by molar-refractivity contribution is 0.684. The molecule has 108 valence electrons. The highest BCUT2D eigenvalue weighted by Crippen LogP contribution is 2.37. The fourth-order valence-electron chi connectivity index (χ4n) is 4.04. The summed E-state index contributed by atoms with van der Waals surface area (Å²) in [6.07, 6.45) is 7.60. The van der Waals surface area contributed by atoms with E-state index in [4.69, 9.17) is 0 Å². The van der Waals surface area contributed by atoms with Crippen LogP contribution in [0.4, 0.5) is 0 Å². The smallest absolute Gasteiger partial charge is 0.000790 e. The molecule has 2 aliphatic rings. The third-order valence-electron chi connectivity index (χ3n) is 5.04. The van der Waals surface area contributed by atoms with Crippen LogP contribution < -0.4 is 5.32 Å². The average Bonchev–Trinajstić information content (AvgIpc) is 2.78. The van der Waals surface area contributed by atoms with E-state index in [2.05, 4.69) is 41.7 Å². The summed E-state index contributed by atoms with van der Waals surface area (Å²) in [4.78, 5) is 0. The molecule has 1 aliphatic carbocycles. The summed E-state index contributed by atoms with van der Waals surface area (Å²) >= 11 is 0. The normalized spacial score (nSPS) is 17.7. The molecule has 2 aromatic rings. The second-order valence-corrected chi connectivity index (χ2v) is 6.35. The van der Waals surface area contributed by atoms with Gasteiger partial charge < -0.3 is 5.32 Å². The number of benzene rings is 2. The topological polar surface area (TPSA) is 12.0 Å². The van der Waals surface area contributed by atoms with E-state index in [0.717, 1.165) is 13.1 Å². The maximum Gasteiger partial charge on any atom is -0.000790 e. The molecule has 0 bridgehead atoms. The Hall–Kier alpha value is -1.60. The summed E-state index contributed by atoms with van der Waals surface area (Å²) in [5.41, 5.74) is 9.49. The Labute approximate surface area is 127 Å². The van der Waals surface area contributed by atoms with Crippen LogP contribution in [-0.4, -0.2) is 13.1 Å². The summed E-state index contributed by atoms with van der Waals surface area (Å²) in [6, 6.07) is 13.6. The van der Waals surface area contributed by atoms with Gasteiger partial charge >= 0.3 is 0 Å². The summed E-state index contributed by atoms with van der Waals surface area (Å²) in [5.74, 6) is 0. The molecule has 1 heteroatoms. The zero-order valence-corrected chi connectivity index (χ0v) is 12.6. The number of hydrogen-bond acceptors (Lipinski definition) is 1. The SMILES string of the molecule is c1ccc(-c2c3c(cc4c2CCNCC4)CCCC3)cc1. The third kappa shape index (κ3) is 2.40. The van der Waals surface area contributed by atoms with Crippen LogP contribution in [0, 0.1) is 0 Å². The fourth-order valence-corrected chi connectivity index (χ4v) is 4.04. The fraction of sp³-hybridized carbons (Fsp3) is 0.400. The molecule has 0 spiro atoms. The van der Waals surface area contributed by atoms with Gasteiger partial charge in [-0.25, -0.2) is 0 Å². The number of fused-ring (bicyclic) bond motifs is 2. The molecule has 2 aromatic carbocycles. The van der Waals surface area contributed by atoms with Crippen LogP contribution in [0.1, 0.15) is 35.1 Å². The van der Waals surface area contributed by atoms with Crippen molar-refractivity contribution in [3.8, 4) is 11.1 Å². The van der Waals surface area contributed by atoms with Gasteiger partial charge in [-0.2, -0.15) is 0 Å². The van der Waals surface area contributed by atoms with Crippen LogP contribution in [0.5, 0.6) is 0 Å². The molecule has 1 heterocycles. The third-order valence-corrected chi connectivity index (χ3v) is 5.04. The molecule has 4 rings (SSSR count). The molecule has 0 fully saturated rings. The maximum absolute atomic E-state index is 3.56.